The highest BCUT2D eigenvalue weighted by Gasteiger charge is 2.04. The van der Waals surface area contributed by atoms with Crippen molar-refractivity contribution < 1.29 is 9.53 Å². The highest BCUT2D eigenvalue weighted by molar-refractivity contribution is 5.70. The van der Waals surface area contributed by atoms with Crippen molar-refractivity contribution in [3.63, 3.8) is 0 Å². The van der Waals surface area contributed by atoms with Gasteiger partial charge in [-0.05, 0) is 6.92 Å². The standard InChI is InChI=1S/C7H13NO2/c1-3-4-6(8)5-7(9)10-2/h3-4,6H,5,8H2,1-2H3/b4-3-. The maximum atomic E-state index is 10.6. The number of nitrogens with two attached hydrogens (primary N) is 1. The van der Waals surface area contributed by atoms with Crippen LogP contribution in [-0.2, 0) is 9.53 Å². The zero-order valence-electron chi connectivity index (χ0n) is 6.33. The predicted molar refractivity (Wildman–Crippen MR) is 39.4 cm³/mol. The first kappa shape index (κ1) is 9.17. The van der Waals surface area contributed by atoms with Crippen molar-refractivity contribution >= 4 is 5.97 Å². The topological polar surface area (TPSA) is 52.3 Å². The van der Waals surface area contributed by atoms with Gasteiger partial charge in [-0.3, -0.25) is 4.79 Å². The van der Waals surface area contributed by atoms with Crippen LogP contribution in [0.15, 0.2) is 12.2 Å². The molecule has 0 aromatic rings. The monoisotopic (exact) mass is 143 g/mol. The van der Waals surface area contributed by atoms with E-state index in [9.17, 15) is 4.79 Å². The summed E-state index contributed by atoms with van der Waals surface area (Å²) in [5, 5.41) is 0. The van der Waals surface area contributed by atoms with Gasteiger partial charge in [0.15, 0.2) is 0 Å². The average molecular weight is 143 g/mol. The zero-order valence-corrected chi connectivity index (χ0v) is 6.33. The van der Waals surface area contributed by atoms with E-state index in [1.165, 1.54) is 7.11 Å². The van der Waals surface area contributed by atoms with Crippen LogP contribution in [0.2, 0.25) is 0 Å². The summed E-state index contributed by atoms with van der Waals surface area (Å²) >= 11 is 0. The lowest BCUT2D eigenvalue weighted by Crippen LogP contribution is -2.21. The van der Waals surface area contributed by atoms with Crippen molar-refractivity contribution in [3.05, 3.63) is 12.2 Å². The van der Waals surface area contributed by atoms with Crippen LogP contribution in [0.25, 0.3) is 0 Å². The summed E-state index contributed by atoms with van der Waals surface area (Å²) in [5.41, 5.74) is 5.47. The number of hydrogen-bond donors (Lipinski definition) is 1. The Morgan fingerprint density at radius 2 is 2.40 bits per heavy atom. The average Bonchev–Trinajstić information content (AvgIpc) is 1.88. The van der Waals surface area contributed by atoms with Crippen LogP contribution < -0.4 is 5.73 Å². The van der Waals surface area contributed by atoms with Gasteiger partial charge in [0.2, 0.25) is 0 Å². The summed E-state index contributed by atoms with van der Waals surface area (Å²) in [6.07, 6.45) is 3.82. The van der Waals surface area contributed by atoms with E-state index >= 15 is 0 Å². The molecule has 0 spiro atoms. The largest absolute Gasteiger partial charge is 0.469 e. The molecule has 0 heterocycles. The molecule has 0 saturated heterocycles. The van der Waals surface area contributed by atoms with E-state index in [4.69, 9.17) is 5.73 Å². The molecule has 0 rings (SSSR count). The van der Waals surface area contributed by atoms with Crippen molar-refractivity contribution in [2.75, 3.05) is 7.11 Å². The lowest BCUT2D eigenvalue weighted by atomic mass is 10.2. The second kappa shape index (κ2) is 4.99. The Morgan fingerprint density at radius 1 is 1.80 bits per heavy atom. The van der Waals surface area contributed by atoms with Gasteiger partial charge in [-0.1, -0.05) is 12.2 Å². The molecule has 10 heavy (non-hydrogen) atoms. The summed E-state index contributed by atoms with van der Waals surface area (Å²) in [6.45, 7) is 1.86. The SMILES string of the molecule is C/C=C\C(N)CC(=O)OC. The Kier molecular flexibility index (Phi) is 4.58. The number of carbonyl (C=O) groups excluding carboxylic acids is 1. The summed E-state index contributed by atoms with van der Waals surface area (Å²) in [4.78, 5) is 10.6. The van der Waals surface area contributed by atoms with Gasteiger partial charge in [0.1, 0.15) is 0 Å². The third-order valence-electron chi connectivity index (χ3n) is 1.07. The van der Waals surface area contributed by atoms with E-state index in [1.807, 2.05) is 13.0 Å². The Balaban J connectivity index is 3.57. The van der Waals surface area contributed by atoms with Crippen LogP contribution in [-0.4, -0.2) is 19.1 Å². The van der Waals surface area contributed by atoms with E-state index in [0.717, 1.165) is 0 Å². The van der Waals surface area contributed by atoms with E-state index in [0.29, 0.717) is 0 Å². The van der Waals surface area contributed by atoms with Crippen LogP contribution in [0.1, 0.15) is 13.3 Å². The van der Waals surface area contributed by atoms with Crippen molar-refractivity contribution in [3.8, 4) is 0 Å². The summed E-state index contributed by atoms with van der Waals surface area (Å²) in [6, 6.07) is -0.211. The van der Waals surface area contributed by atoms with Crippen LogP contribution in [0.5, 0.6) is 0 Å². The molecular weight excluding hydrogens is 130 g/mol. The Labute approximate surface area is 60.9 Å². The number of allylic oxidation sites excluding steroid dienone is 1. The first-order valence-corrected chi connectivity index (χ1v) is 3.16. The normalized spacial score (nSPS) is 13.5. The molecule has 0 saturated carbocycles. The number of esters is 1. The molecule has 1 atom stereocenters. The van der Waals surface area contributed by atoms with Crippen molar-refractivity contribution in [1.29, 1.82) is 0 Å². The summed E-state index contributed by atoms with van der Waals surface area (Å²) in [7, 11) is 1.35. The van der Waals surface area contributed by atoms with Gasteiger partial charge in [-0.15, -0.1) is 0 Å². The van der Waals surface area contributed by atoms with Gasteiger partial charge in [-0.25, -0.2) is 0 Å². The molecule has 0 aromatic heterocycles. The number of carbonyl (C=O) groups is 1. The van der Waals surface area contributed by atoms with Crippen LogP contribution in [0.3, 0.4) is 0 Å². The maximum absolute atomic E-state index is 10.6. The van der Waals surface area contributed by atoms with Gasteiger partial charge in [0.05, 0.1) is 13.5 Å². The third-order valence-corrected chi connectivity index (χ3v) is 1.07. The molecule has 0 radical (unpaired) electrons. The van der Waals surface area contributed by atoms with Gasteiger partial charge in [-0.2, -0.15) is 0 Å². The first-order chi connectivity index (χ1) is 4.70. The zero-order chi connectivity index (χ0) is 7.98. The molecule has 0 aliphatic rings. The van der Waals surface area contributed by atoms with Gasteiger partial charge >= 0.3 is 5.97 Å². The van der Waals surface area contributed by atoms with Crippen molar-refractivity contribution in [2.24, 2.45) is 5.73 Å². The van der Waals surface area contributed by atoms with Crippen LogP contribution >= 0.6 is 0 Å². The number of methoxy groups -OCH3 is 1. The van der Waals surface area contributed by atoms with Crippen LogP contribution in [0, 0.1) is 0 Å². The lowest BCUT2D eigenvalue weighted by Gasteiger charge is -2.02. The first-order valence-electron chi connectivity index (χ1n) is 3.16. The maximum Gasteiger partial charge on any atom is 0.307 e. The fraction of sp³-hybridized carbons (Fsp3) is 0.571. The minimum atomic E-state index is -0.273. The van der Waals surface area contributed by atoms with Gasteiger partial charge in [0, 0.05) is 6.04 Å². The minimum absolute atomic E-state index is 0.211. The Hall–Kier alpha value is -0.830. The fourth-order valence-corrected chi connectivity index (χ4v) is 0.591. The number of ether oxygens (including phenoxy) is 1. The Morgan fingerprint density at radius 3 is 2.80 bits per heavy atom. The predicted octanol–water partition coefficient (Wildman–Crippen LogP) is 0.453. The van der Waals surface area contributed by atoms with Gasteiger partial charge < -0.3 is 10.5 Å². The molecule has 0 bridgehead atoms. The molecule has 0 aliphatic heterocycles. The second-order valence-corrected chi connectivity index (χ2v) is 1.97. The molecule has 3 nitrogen and oxygen atoms in total. The highest BCUT2D eigenvalue weighted by Crippen LogP contribution is 1.91. The van der Waals surface area contributed by atoms with Gasteiger partial charge in [0.25, 0.3) is 0 Å². The molecule has 0 amide bonds. The molecule has 58 valence electrons. The smallest absolute Gasteiger partial charge is 0.307 e. The van der Waals surface area contributed by atoms with Crippen molar-refractivity contribution in [1.82, 2.24) is 0 Å². The van der Waals surface area contributed by atoms with Crippen LogP contribution in [0.4, 0.5) is 0 Å². The highest BCUT2D eigenvalue weighted by atomic mass is 16.5. The summed E-state index contributed by atoms with van der Waals surface area (Å²) < 4.78 is 4.41. The second-order valence-electron chi connectivity index (χ2n) is 1.97. The molecule has 1 unspecified atom stereocenters. The minimum Gasteiger partial charge on any atom is -0.469 e. The lowest BCUT2D eigenvalue weighted by molar-refractivity contribution is -0.140. The Bertz CT molecular complexity index is 132. The fourth-order valence-electron chi connectivity index (χ4n) is 0.591. The quantitative estimate of drug-likeness (QED) is 0.461. The van der Waals surface area contributed by atoms with Crippen molar-refractivity contribution in [2.45, 2.75) is 19.4 Å². The molecular formula is C7H13NO2. The van der Waals surface area contributed by atoms with E-state index in [1.54, 1.807) is 6.08 Å². The summed E-state index contributed by atoms with van der Waals surface area (Å²) in [5.74, 6) is -0.273. The number of hydrogen-bond acceptors (Lipinski definition) is 3. The van der Waals surface area contributed by atoms with E-state index in [-0.39, 0.29) is 18.4 Å². The third kappa shape index (κ3) is 4.09. The molecule has 3 heteroatoms. The van der Waals surface area contributed by atoms with E-state index in [2.05, 4.69) is 4.74 Å². The molecule has 2 N–H and O–H groups in total. The molecule has 0 fully saturated rings. The molecule has 0 aromatic carbocycles. The van der Waals surface area contributed by atoms with E-state index < -0.39 is 0 Å². The number of rotatable bonds is 3. The molecule has 0 aliphatic carbocycles.